The largest absolute Gasteiger partial charge is 0.350 e. The predicted molar refractivity (Wildman–Crippen MR) is 110 cm³/mol. The van der Waals surface area contributed by atoms with Gasteiger partial charge in [0.05, 0.1) is 5.56 Å². The number of hydrogen-bond donors (Lipinski definition) is 1. The van der Waals surface area contributed by atoms with Crippen LogP contribution in [0.4, 0.5) is 0 Å². The van der Waals surface area contributed by atoms with Crippen molar-refractivity contribution >= 4 is 22.7 Å². The number of hydrogen-bond acceptors (Lipinski definition) is 2. The lowest BCUT2D eigenvalue weighted by Crippen LogP contribution is -2.46. The topological polar surface area (TPSA) is 54.3 Å². The number of aryl methyl sites for hydroxylation is 2. The second-order valence-electron chi connectivity index (χ2n) is 7.53. The third kappa shape index (κ3) is 3.40. The highest BCUT2D eigenvalue weighted by atomic mass is 16.2. The normalized spacial score (nSPS) is 15.0. The minimum absolute atomic E-state index is 0.0306. The third-order valence-electron chi connectivity index (χ3n) is 5.63. The van der Waals surface area contributed by atoms with Crippen molar-refractivity contribution in [3.8, 4) is 0 Å². The van der Waals surface area contributed by atoms with E-state index >= 15 is 0 Å². The number of nitrogens with zero attached hydrogens (tertiary/aromatic N) is 2. The lowest BCUT2D eigenvalue weighted by molar-refractivity contribution is 0.0700. The van der Waals surface area contributed by atoms with Crippen LogP contribution in [0.2, 0.25) is 0 Å². The summed E-state index contributed by atoms with van der Waals surface area (Å²) in [5.74, 6) is 0.0393. The van der Waals surface area contributed by atoms with E-state index in [0.29, 0.717) is 13.1 Å². The van der Waals surface area contributed by atoms with Crippen molar-refractivity contribution in [2.45, 2.75) is 25.8 Å². The molecule has 3 aromatic rings. The fourth-order valence-corrected chi connectivity index (χ4v) is 4.00. The Labute approximate surface area is 165 Å². The quantitative estimate of drug-likeness (QED) is 0.761. The van der Waals surface area contributed by atoms with Crippen molar-refractivity contribution in [1.82, 2.24) is 14.8 Å². The Morgan fingerprint density at radius 3 is 2.39 bits per heavy atom. The molecule has 28 heavy (non-hydrogen) atoms. The van der Waals surface area contributed by atoms with E-state index in [1.807, 2.05) is 78.2 Å². The predicted octanol–water partition coefficient (Wildman–Crippen LogP) is 3.52. The Balaban J connectivity index is 1.40. The monoisotopic (exact) mass is 375 g/mol. The van der Waals surface area contributed by atoms with Gasteiger partial charge in [-0.2, -0.15) is 0 Å². The van der Waals surface area contributed by atoms with Crippen LogP contribution < -0.4 is 5.32 Å². The highest BCUT2D eigenvalue weighted by molar-refractivity contribution is 6.07. The van der Waals surface area contributed by atoms with Gasteiger partial charge >= 0.3 is 0 Å². The summed E-state index contributed by atoms with van der Waals surface area (Å²) in [7, 11) is 1.96. The number of likely N-dealkylation sites (tertiary alicyclic amines) is 1. The summed E-state index contributed by atoms with van der Waals surface area (Å²) in [5.41, 5.74) is 3.51. The zero-order valence-corrected chi connectivity index (χ0v) is 16.3. The molecule has 0 spiro atoms. The van der Waals surface area contributed by atoms with Crippen LogP contribution in [0.5, 0.6) is 0 Å². The average molecular weight is 375 g/mol. The average Bonchev–Trinajstić information content (AvgIpc) is 3.05. The molecule has 2 heterocycles. The maximum atomic E-state index is 13.0. The van der Waals surface area contributed by atoms with E-state index in [0.717, 1.165) is 40.4 Å². The van der Waals surface area contributed by atoms with E-state index in [1.165, 1.54) is 0 Å². The molecule has 0 unspecified atom stereocenters. The molecule has 0 saturated carbocycles. The molecular weight excluding hydrogens is 350 g/mol. The summed E-state index contributed by atoms with van der Waals surface area (Å²) < 4.78 is 2.00. The molecule has 1 aliphatic rings. The van der Waals surface area contributed by atoms with Gasteiger partial charge in [0.15, 0.2) is 0 Å². The molecule has 0 aliphatic carbocycles. The highest BCUT2D eigenvalue weighted by Crippen LogP contribution is 2.23. The van der Waals surface area contributed by atoms with Gasteiger partial charge in [0.1, 0.15) is 0 Å². The first kappa shape index (κ1) is 18.3. The van der Waals surface area contributed by atoms with E-state index < -0.39 is 0 Å². The number of amides is 2. The molecule has 1 N–H and O–H groups in total. The third-order valence-corrected chi connectivity index (χ3v) is 5.63. The van der Waals surface area contributed by atoms with Gasteiger partial charge in [-0.25, -0.2) is 0 Å². The smallest absolute Gasteiger partial charge is 0.256 e. The number of aromatic nitrogens is 1. The molecular formula is C23H25N3O2. The summed E-state index contributed by atoms with van der Waals surface area (Å²) in [6.45, 7) is 3.25. The van der Waals surface area contributed by atoms with E-state index in [1.54, 1.807) is 0 Å². The second kappa shape index (κ2) is 7.50. The Morgan fingerprint density at radius 1 is 0.964 bits per heavy atom. The first-order valence-corrected chi connectivity index (χ1v) is 9.74. The van der Waals surface area contributed by atoms with E-state index in [2.05, 4.69) is 5.32 Å². The van der Waals surface area contributed by atoms with E-state index in [4.69, 9.17) is 0 Å². The SMILES string of the molecule is Cc1ccccc1C(=O)NC1CCN(C(=O)c2cn(C)c3ccccc23)CC1. The van der Waals surface area contributed by atoms with Crippen molar-refractivity contribution in [3.05, 3.63) is 71.4 Å². The van der Waals surface area contributed by atoms with Gasteiger partial charge in [0.25, 0.3) is 11.8 Å². The fourth-order valence-electron chi connectivity index (χ4n) is 4.00. The summed E-state index contributed by atoms with van der Waals surface area (Å²) in [6.07, 6.45) is 3.46. The minimum atomic E-state index is -0.0306. The zero-order valence-electron chi connectivity index (χ0n) is 16.3. The van der Waals surface area contributed by atoms with Crippen molar-refractivity contribution in [1.29, 1.82) is 0 Å². The number of rotatable bonds is 3. The number of nitrogens with one attached hydrogen (secondary N) is 1. The van der Waals surface area contributed by atoms with Crippen LogP contribution in [0.25, 0.3) is 10.9 Å². The van der Waals surface area contributed by atoms with Gasteiger partial charge in [0, 0.05) is 48.8 Å². The van der Waals surface area contributed by atoms with Gasteiger partial charge in [-0.05, 0) is 37.5 Å². The number of fused-ring (bicyclic) bond motifs is 1. The zero-order chi connectivity index (χ0) is 19.7. The van der Waals surface area contributed by atoms with Crippen molar-refractivity contribution in [2.24, 2.45) is 7.05 Å². The number of benzene rings is 2. The van der Waals surface area contributed by atoms with Crippen LogP contribution >= 0.6 is 0 Å². The molecule has 5 heteroatoms. The van der Waals surface area contributed by atoms with Crippen LogP contribution in [0.1, 0.15) is 39.1 Å². The molecule has 0 bridgehead atoms. The molecule has 2 aromatic carbocycles. The summed E-state index contributed by atoms with van der Waals surface area (Å²) in [4.78, 5) is 27.5. The Hall–Kier alpha value is -3.08. The van der Waals surface area contributed by atoms with Crippen LogP contribution in [-0.4, -0.2) is 40.4 Å². The number of para-hydroxylation sites is 1. The van der Waals surface area contributed by atoms with Crippen LogP contribution in [0.15, 0.2) is 54.7 Å². The molecule has 1 saturated heterocycles. The number of carbonyl (C=O) groups is 2. The van der Waals surface area contributed by atoms with Gasteiger partial charge in [-0.1, -0.05) is 36.4 Å². The van der Waals surface area contributed by atoms with E-state index in [-0.39, 0.29) is 17.9 Å². The lowest BCUT2D eigenvalue weighted by Gasteiger charge is -2.32. The Bertz CT molecular complexity index is 1030. The van der Waals surface area contributed by atoms with Gasteiger partial charge in [-0.3, -0.25) is 9.59 Å². The molecule has 4 rings (SSSR count). The summed E-state index contributed by atoms with van der Waals surface area (Å²) >= 11 is 0. The minimum Gasteiger partial charge on any atom is -0.350 e. The van der Waals surface area contributed by atoms with Gasteiger partial charge in [0.2, 0.25) is 0 Å². The maximum absolute atomic E-state index is 13.0. The Morgan fingerprint density at radius 2 is 1.64 bits per heavy atom. The second-order valence-corrected chi connectivity index (χ2v) is 7.53. The molecule has 1 fully saturated rings. The van der Waals surface area contributed by atoms with Crippen LogP contribution in [0, 0.1) is 6.92 Å². The van der Waals surface area contributed by atoms with Gasteiger partial charge < -0.3 is 14.8 Å². The Kier molecular flexibility index (Phi) is 4.90. The maximum Gasteiger partial charge on any atom is 0.256 e. The number of piperidine rings is 1. The molecule has 0 radical (unpaired) electrons. The van der Waals surface area contributed by atoms with Crippen LogP contribution in [0.3, 0.4) is 0 Å². The lowest BCUT2D eigenvalue weighted by atomic mass is 10.0. The van der Waals surface area contributed by atoms with Crippen LogP contribution in [-0.2, 0) is 7.05 Å². The van der Waals surface area contributed by atoms with Crippen molar-refractivity contribution in [3.63, 3.8) is 0 Å². The molecule has 5 nitrogen and oxygen atoms in total. The molecule has 0 atom stereocenters. The molecule has 1 aromatic heterocycles. The summed E-state index contributed by atoms with van der Waals surface area (Å²) in [5, 5.41) is 4.12. The molecule has 144 valence electrons. The first-order valence-electron chi connectivity index (χ1n) is 9.74. The van der Waals surface area contributed by atoms with Gasteiger partial charge in [-0.15, -0.1) is 0 Å². The first-order chi connectivity index (χ1) is 13.5. The molecule has 1 aliphatic heterocycles. The highest BCUT2D eigenvalue weighted by Gasteiger charge is 2.26. The standard InChI is InChI=1S/C23H25N3O2/c1-16-7-3-4-8-18(16)22(27)24-17-11-13-26(14-12-17)23(28)20-15-25(2)21-10-6-5-9-19(20)21/h3-10,15,17H,11-14H2,1-2H3,(H,24,27). The van der Waals surface area contributed by atoms with Crippen molar-refractivity contribution < 1.29 is 9.59 Å². The molecule has 2 amide bonds. The van der Waals surface area contributed by atoms with Crippen molar-refractivity contribution in [2.75, 3.05) is 13.1 Å². The van der Waals surface area contributed by atoms with E-state index in [9.17, 15) is 9.59 Å². The fraction of sp³-hybridized carbons (Fsp3) is 0.304. The number of carbonyl (C=O) groups excluding carboxylic acids is 2. The summed E-state index contributed by atoms with van der Waals surface area (Å²) in [6, 6.07) is 15.7.